The van der Waals surface area contributed by atoms with Crippen molar-refractivity contribution in [3.8, 4) is 5.75 Å². The summed E-state index contributed by atoms with van der Waals surface area (Å²) in [6, 6.07) is 12.2. The summed E-state index contributed by atoms with van der Waals surface area (Å²) in [5.74, 6) is 1.09. The smallest absolute Gasteiger partial charge is 0.261 e. The first-order chi connectivity index (χ1) is 11.5. The topological polar surface area (TPSA) is 38.3 Å². The first-order valence-corrected chi connectivity index (χ1v) is 8.97. The number of ether oxygens (including phenoxy) is 1. The number of benzene rings is 2. The summed E-state index contributed by atoms with van der Waals surface area (Å²) >= 11 is 1.69. The largest absolute Gasteiger partial charge is 0.481 e. The highest BCUT2D eigenvalue weighted by Crippen LogP contribution is 2.36. The van der Waals surface area contributed by atoms with Crippen molar-refractivity contribution in [2.45, 2.75) is 37.3 Å². The molecule has 1 aliphatic heterocycles. The third-order valence-corrected chi connectivity index (χ3v) is 5.15. The Morgan fingerprint density at radius 2 is 2.04 bits per heavy atom. The molecule has 2 aromatic rings. The molecular weight excluding hydrogens is 325 g/mol. The fourth-order valence-corrected chi connectivity index (χ4v) is 3.78. The second kappa shape index (κ2) is 7.26. The Hall–Kier alpha value is -2.01. The number of aryl methyl sites for hydroxylation is 1. The van der Waals surface area contributed by atoms with E-state index < -0.39 is 6.10 Å². The van der Waals surface area contributed by atoms with Crippen molar-refractivity contribution >= 4 is 17.7 Å². The van der Waals surface area contributed by atoms with E-state index in [2.05, 4.69) is 5.32 Å². The number of thioether (sulfide) groups is 1. The first kappa shape index (κ1) is 16.8. The van der Waals surface area contributed by atoms with Gasteiger partial charge < -0.3 is 10.1 Å². The van der Waals surface area contributed by atoms with E-state index in [9.17, 15) is 9.18 Å². The fraction of sp³-hybridized carbons (Fsp3) is 0.316. The monoisotopic (exact) mass is 345 g/mol. The highest BCUT2D eigenvalue weighted by molar-refractivity contribution is 7.99. The molecule has 1 N–H and O–H groups in total. The van der Waals surface area contributed by atoms with Crippen molar-refractivity contribution in [2.75, 3.05) is 5.75 Å². The zero-order valence-corrected chi connectivity index (χ0v) is 14.5. The second-order valence-corrected chi connectivity index (χ2v) is 7.09. The number of carbonyl (C=O) groups is 1. The molecular formula is C19H20FNO2S. The molecule has 24 heavy (non-hydrogen) atoms. The van der Waals surface area contributed by atoms with E-state index in [1.54, 1.807) is 24.8 Å². The van der Waals surface area contributed by atoms with E-state index in [0.29, 0.717) is 5.75 Å². The van der Waals surface area contributed by atoms with E-state index in [1.165, 1.54) is 12.1 Å². The Labute approximate surface area is 145 Å². The van der Waals surface area contributed by atoms with E-state index in [-0.39, 0.29) is 17.8 Å². The summed E-state index contributed by atoms with van der Waals surface area (Å²) < 4.78 is 19.2. The van der Waals surface area contributed by atoms with Gasteiger partial charge in [0.2, 0.25) is 0 Å². The Morgan fingerprint density at radius 1 is 1.29 bits per heavy atom. The number of rotatable bonds is 4. The van der Waals surface area contributed by atoms with Crippen LogP contribution in [0.1, 0.15) is 30.5 Å². The molecule has 0 saturated heterocycles. The number of carbonyl (C=O) groups excluding carboxylic acids is 1. The summed E-state index contributed by atoms with van der Waals surface area (Å²) in [6.07, 6.45) is 0.170. The van der Waals surface area contributed by atoms with E-state index in [1.807, 2.05) is 31.2 Å². The Balaban J connectivity index is 1.67. The van der Waals surface area contributed by atoms with E-state index >= 15 is 0 Å². The van der Waals surface area contributed by atoms with Crippen LogP contribution in [-0.2, 0) is 4.79 Å². The summed E-state index contributed by atoms with van der Waals surface area (Å²) in [7, 11) is 0. The lowest BCUT2D eigenvalue weighted by Crippen LogP contribution is -2.39. The molecule has 2 atom stereocenters. The predicted molar refractivity (Wildman–Crippen MR) is 93.9 cm³/mol. The minimum atomic E-state index is -0.612. The Morgan fingerprint density at radius 3 is 2.79 bits per heavy atom. The molecule has 0 bridgehead atoms. The quantitative estimate of drug-likeness (QED) is 0.900. The molecule has 0 aromatic heterocycles. The molecule has 5 heteroatoms. The third-order valence-electron chi connectivity index (χ3n) is 4.03. The molecule has 3 nitrogen and oxygen atoms in total. The summed E-state index contributed by atoms with van der Waals surface area (Å²) in [5.41, 5.74) is 1.99. The maximum absolute atomic E-state index is 13.5. The van der Waals surface area contributed by atoms with E-state index in [4.69, 9.17) is 4.74 Å². The first-order valence-electron chi connectivity index (χ1n) is 7.99. The third kappa shape index (κ3) is 3.90. The number of amides is 1. The molecule has 1 amide bonds. The van der Waals surface area contributed by atoms with Gasteiger partial charge in [0.15, 0.2) is 6.10 Å². The van der Waals surface area contributed by atoms with Crippen LogP contribution in [0, 0.1) is 12.7 Å². The number of fused-ring (bicyclic) bond motifs is 1. The zero-order chi connectivity index (χ0) is 17.1. The summed E-state index contributed by atoms with van der Waals surface area (Å²) in [4.78, 5) is 13.5. The van der Waals surface area contributed by atoms with Crippen LogP contribution in [0.25, 0.3) is 0 Å². The molecule has 0 saturated carbocycles. The van der Waals surface area contributed by atoms with Gasteiger partial charge in [0.1, 0.15) is 11.6 Å². The molecule has 0 unspecified atom stereocenters. The Bertz CT molecular complexity index is 733. The molecule has 0 radical (unpaired) electrons. The molecule has 0 spiro atoms. The van der Waals surface area contributed by atoms with Crippen molar-refractivity contribution < 1.29 is 13.9 Å². The van der Waals surface area contributed by atoms with Crippen LogP contribution >= 0.6 is 11.8 Å². The van der Waals surface area contributed by atoms with Crippen molar-refractivity contribution in [2.24, 2.45) is 0 Å². The lowest BCUT2D eigenvalue weighted by atomic mass is 10.0. The maximum Gasteiger partial charge on any atom is 0.261 e. The molecule has 0 aliphatic carbocycles. The average molecular weight is 345 g/mol. The van der Waals surface area contributed by atoms with Crippen LogP contribution < -0.4 is 10.1 Å². The van der Waals surface area contributed by atoms with Crippen molar-refractivity contribution in [1.82, 2.24) is 5.32 Å². The van der Waals surface area contributed by atoms with Gasteiger partial charge in [-0.2, -0.15) is 0 Å². The van der Waals surface area contributed by atoms with Crippen LogP contribution in [0.4, 0.5) is 4.39 Å². The van der Waals surface area contributed by atoms with Gasteiger partial charge in [-0.05, 0) is 56.2 Å². The highest BCUT2D eigenvalue weighted by Gasteiger charge is 2.25. The number of halogens is 1. The average Bonchev–Trinajstić information content (AvgIpc) is 2.57. The molecule has 126 valence electrons. The lowest BCUT2D eigenvalue weighted by Gasteiger charge is -2.27. The summed E-state index contributed by atoms with van der Waals surface area (Å²) in [6.45, 7) is 3.72. The Kier molecular flexibility index (Phi) is 5.09. The van der Waals surface area contributed by atoms with Crippen LogP contribution in [-0.4, -0.2) is 17.8 Å². The fourth-order valence-electron chi connectivity index (χ4n) is 2.68. The number of nitrogens with one attached hydrogen (secondary N) is 1. The molecule has 1 heterocycles. The maximum atomic E-state index is 13.5. The van der Waals surface area contributed by atoms with Gasteiger partial charge in [-0.1, -0.05) is 17.7 Å². The van der Waals surface area contributed by atoms with Crippen LogP contribution in [0.5, 0.6) is 5.75 Å². The molecule has 2 aromatic carbocycles. The predicted octanol–water partition coefficient (Wildman–Crippen LogP) is 4.25. The van der Waals surface area contributed by atoms with Gasteiger partial charge in [0, 0.05) is 10.6 Å². The number of hydrogen-bond donors (Lipinski definition) is 1. The molecule has 0 fully saturated rings. The van der Waals surface area contributed by atoms with Crippen LogP contribution in [0.3, 0.4) is 0 Å². The van der Waals surface area contributed by atoms with Crippen molar-refractivity contribution in [3.05, 3.63) is 59.4 Å². The minimum Gasteiger partial charge on any atom is -0.481 e. The van der Waals surface area contributed by atoms with Gasteiger partial charge in [0.05, 0.1) is 6.04 Å². The van der Waals surface area contributed by atoms with Crippen molar-refractivity contribution in [1.29, 1.82) is 0 Å². The van der Waals surface area contributed by atoms with E-state index in [0.717, 1.165) is 28.2 Å². The summed E-state index contributed by atoms with van der Waals surface area (Å²) in [5, 5.41) is 2.99. The lowest BCUT2D eigenvalue weighted by molar-refractivity contribution is -0.128. The van der Waals surface area contributed by atoms with Gasteiger partial charge in [-0.3, -0.25) is 4.79 Å². The van der Waals surface area contributed by atoms with Crippen molar-refractivity contribution in [3.63, 3.8) is 0 Å². The van der Waals surface area contributed by atoms with Crippen LogP contribution in [0.15, 0.2) is 47.4 Å². The zero-order valence-electron chi connectivity index (χ0n) is 13.7. The second-order valence-electron chi connectivity index (χ2n) is 5.95. The molecule has 3 rings (SSSR count). The highest BCUT2D eigenvalue weighted by atomic mass is 32.2. The van der Waals surface area contributed by atoms with Gasteiger partial charge in [0.25, 0.3) is 5.91 Å². The van der Waals surface area contributed by atoms with Crippen LogP contribution in [0.2, 0.25) is 0 Å². The van der Waals surface area contributed by atoms with Gasteiger partial charge >= 0.3 is 0 Å². The van der Waals surface area contributed by atoms with Gasteiger partial charge in [-0.15, -0.1) is 11.8 Å². The number of hydrogen-bond acceptors (Lipinski definition) is 3. The van der Waals surface area contributed by atoms with Gasteiger partial charge in [-0.25, -0.2) is 4.39 Å². The molecule has 1 aliphatic rings. The normalized spacial score (nSPS) is 17.7. The minimum absolute atomic E-state index is 0.173. The SMILES string of the molecule is Cc1ccc(O[C@H](C)C(=O)N[C@H]2CCSc3ccc(F)cc32)cc1. The standard InChI is InChI=1S/C19H20FNO2S/c1-12-3-6-15(7-4-12)23-13(2)19(22)21-17-9-10-24-18-8-5-14(20)11-16(17)18/h3-8,11,13,17H,9-10H2,1-2H3,(H,21,22)/t13-,17+/m1/s1.